The van der Waals surface area contributed by atoms with Crippen molar-refractivity contribution in [3.05, 3.63) is 90.6 Å². The van der Waals surface area contributed by atoms with Crippen LogP contribution in [0.1, 0.15) is 19.4 Å². The number of pyridine rings is 2. The summed E-state index contributed by atoms with van der Waals surface area (Å²) in [6.07, 6.45) is 9.40. The van der Waals surface area contributed by atoms with Crippen molar-refractivity contribution in [2.75, 3.05) is 0 Å². The summed E-state index contributed by atoms with van der Waals surface area (Å²) in [7, 11) is 0. The largest absolute Gasteiger partial charge is 0.337 e. The van der Waals surface area contributed by atoms with E-state index in [2.05, 4.69) is 37.8 Å². The fraction of sp³-hybridized carbons (Fsp3) is 0.0769. The summed E-state index contributed by atoms with van der Waals surface area (Å²) < 4.78 is 13.8. The fourth-order valence-corrected chi connectivity index (χ4v) is 3.78. The number of allylic oxidation sites excluding steroid dienone is 5. The van der Waals surface area contributed by atoms with Crippen molar-refractivity contribution in [2.24, 2.45) is 0 Å². The first-order valence-corrected chi connectivity index (χ1v) is 10.5. The number of aromatic amines is 2. The van der Waals surface area contributed by atoms with Crippen LogP contribution in [0.5, 0.6) is 0 Å². The van der Waals surface area contributed by atoms with E-state index in [0.717, 1.165) is 33.3 Å². The molecule has 1 aromatic carbocycles. The molecule has 0 radical (unpaired) electrons. The van der Waals surface area contributed by atoms with Gasteiger partial charge in [-0.3, -0.25) is 10.1 Å². The maximum absolute atomic E-state index is 13.8. The van der Waals surface area contributed by atoms with Crippen molar-refractivity contribution in [1.82, 2.24) is 30.1 Å². The lowest BCUT2D eigenvalue weighted by Crippen LogP contribution is -1.87. The van der Waals surface area contributed by atoms with Gasteiger partial charge in [0.05, 0.1) is 16.6 Å². The number of imidazole rings is 1. The van der Waals surface area contributed by atoms with Crippen molar-refractivity contribution in [3.8, 4) is 22.8 Å². The van der Waals surface area contributed by atoms with Gasteiger partial charge in [-0.15, -0.1) is 0 Å². The molecule has 0 amide bonds. The summed E-state index contributed by atoms with van der Waals surface area (Å²) in [5.41, 5.74) is 7.11. The zero-order valence-electron chi connectivity index (χ0n) is 18.2. The van der Waals surface area contributed by atoms with E-state index < -0.39 is 0 Å². The van der Waals surface area contributed by atoms with E-state index in [1.165, 1.54) is 12.1 Å². The van der Waals surface area contributed by atoms with Gasteiger partial charge in [0.2, 0.25) is 0 Å². The predicted octanol–water partition coefficient (Wildman–Crippen LogP) is 6.24. The molecule has 0 saturated heterocycles. The molecule has 0 fully saturated rings. The molecule has 0 unspecified atom stereocenters. The number of halogens is 1. The molecule has 0 bridgehead atoms. The number of aromatic nitrogens is 6. The average molecular weight is 436 g/mol. The molecule has 0 saturated carbocycles. The maximum atomic E-state index is 13.8. The van der Waals surface area contributed by atoms with E-state index in [-0.39, 0.29) is 5.82 Å². The topological polar surface area (TPSA) is 83.1 Å². The Kier molecular flexibility index (Phi) is 5.14. The van der Waals surface area contributed by atoms with Crippen molar-refractivity contribution in [1.29, 1.82) is 0 Å². The van der Waals surface area contributed by atoms with Gasteiger partial charge in [0, 0.05) is 23.5 Å². The van der Waals surface area contributed by atoms with Gasteiger partial charge < -0.3 is 4.98 Å². The van der Waals surface area contributed by atoms with Crippen LogP contribution in [0.2, 0.25) is 0 Å². The Balaban J connectivity index is 1.64. The number of nitrogens with one attached hydrogen (secondary N) is 2. The molecular formula is C26H21FN6. The molecule has 5 rings (SSSR count). The molecule has 5 aromatic rings. The first-order chi connectivity index (χ1) is 16.1. The highest BCUT2D eigenvalue weighted by Crippen LogP contribution is 2.31. The molecule has 4 aromatic heterocycles. The molecule has 7 heteroatoms. The van der Waals surface area contributed by atoms with Crippen molar-refractivity contribution in [3.63, 3.8) is 0 Å². The number of fused-ring (bicyclic) bond motifs is 2. The zero-order valence-corrected chi connectivity index (χ0v) is 18.2. The Morgan fingerprint density at radius 2 is 2.03 bits per heavy atom. The minimum atomic E-state index is -0.319. The number of benzene rings is 1. The molecular weight excluding hydrogens is 415 g/mol. The summed E-state index contributed by atoms with van der Waals surface area (Å²) in [5.74, 6) is 0.290. The van der Waals surface area contributed by atoms with Crippen LogP contribution < -0.4 is 0 Å². The van der Waals surface area contributed by atoms with Crippen LogP contribution in [-0.2, 0) is 0 Å². The monoisotopic (exact) mass is 436 g/mol. The maximum Gasteiger partial charge on any atom is 0.181 e. The molecule has 33 heavy (non-hydrogen) atoms. The summed E-state index contributed by atoms with van der Waals surface area (Å²) >= 11 is 0. The quantitative estimate of drug-likeness (QED) is 0.320. The molecule has 0 aliphatic heterocycles. The van der Waals surface area contributed by atoms with Crippen molar-refractivity contribution in [2.45, 2.75) is 13.8 Å². The van der Waals surface area contributed by atoms with Crippen LogP contribution in [0, 0.1) is 5.82 Å². The highest BCUT2D eigenvalue weighted by atomic mass is 19.1. The Morgan fingerprint density at radius 1 is 1.15 bits per heavy atom. The van der Waals surface area contributed by atoms with Crippen LogP contribution in [0.25, 0.3) is 50.4 Å². The van der Waals surface area contributed by atoms with E-state index in [4.69, 9.17) is 4.98 Å². The highest BCUT2D eigenvalue weighted by Gasteiger charge is 2.17. The van der Waals surface area contributed by atoms with Gasteiger partial charge >= 0.3 is 0 Å². The van der Waals surface area contributed by atoms with Crippen molar-refractivity contribution >= 4 is 27.6 Å². The molecule has 162 valence electrons. The van der Waals surface area contributed by atoms with Gasteiger partial charge in [-0.1, -0.05) is 42.5 Å². The number of hydrogen-bond donors (Lipinski definition) is 2. The third kappa shape index (κ3) is 3.74. The van der Waals surface area contributed by atoms with Crippen LogP contribution >= 0.6 is 0 Å². The van der Waals surface area contributed by atoms with Gasteiger partial charge in [-0.05, 0) is 43.7 Å². The normalized spacial score (nSPS) is 12.6. The smallest absolute Gasteiger partial charge is 0.181 e. The van der Waals surface area contributed by atoms with Crippen LogP contribution in [-0.4, -0.2) is 30.1 Å². The van der Waals surface area contributed by atoms with E-state index in [1.807, 2.05) is 44.2 Å². The van der Waals surface area contributed by atoms with Gasteiger partial charge in [-0.2, -0.15) is 5.10 Å². The van der Waals surface area contributed by atoms with Gasteiger partial charge in [0.1, 0.15) is 17.0 Å². The lowest BCUT2D eigenvalue weighted by Gasteiger charge is -2.03. The summed E-state index contributed by atoms with van der Waals surface area (Å²) in [6, 6.07) is 10.2. The molecule has 0 aliphatic carbocycles. The van der Waals surface area contributed by atoms with Gasteiger partial charge in [0.15, 0.2) is 11.5 Å². The van der Waals surface area contributed by atoms with Gasteiger partial charge in [0.25, 0.3) is 0 Å². The molecule has 0 atom stereocenters. The summed E-state index contributed by atoms with van der Waals surface area (Å²) in [6.45, 7) is 7.82. The number of nitrogens with zero attached hydrogens (tertiary/aromatic N) is 4. The number of hydrogen-bond acceptors (Lipinski definition) is 4. The minimum Gasteiger partial charge on any atom is -0.337 e. The zero-order chi connectivity index (χ0) is 22.9. The van der Waals surface area contributed by atoms with Crippen LogP contribution in [0.4, 0.5) is 4.39 Å². The van der Waals surface area contributed by atoms with E-state index in [1.54, 1.807) is 18.5 Å². The predicted molar refractivity (Wildman–Crippen MR) is 130 cm³/mol. The van der Waals surface area contributed by atoms with E-state index in [9.17, 15) is 4.39 Å². The Hall–Kier alpha value is -4.39. The summed E-state index contributed by atoms with van der Waals surface area (Å²) in [5, 5.41) is 8.25. The second kappa shape index (κ2) is 8.27. The third-order valence-corrected chi connectivity index (χ3v) is 5.49. The standard InChI is InChI=1S/C26H21FN6/c1-4-15(3)11-16(5-2)18-13-20-23(32-33-25(20)29-14-18)26-30-21-9-10-28-22(24(21)31-26)17-7-6-8-19(27)12-17/h4-14H,1H2,2-3H3,(H,30,31)(H,29,32,33)/b15-11-,16-5+. The lowest BCUT2D eigenvalue weighted by molar-refractivity contribution is 0.628. The fourth-order valence-electron chi connectivity index (χ4n) is 3.78. The highest BCUT2D eigenvalue weighted by molar-refractivity contribution is 5.96. The number of rotatable bonds is 5. The van der Waals surface area contributed by atoms with Crippen LogP contribution in [0.3, 0.4) is 0 Å². The molecule has 6 nitrogen and oxygen atoms in total. The first-order valence-electron chi connectivity index (χ1n) is 10.5. The number of H-pyrrole nitrogens is 2. The SMILES string of the molecule is C=C/C(C)=C\C(=C/C)c1cnc2n[nH]c(-c3nc4c(-c5cccc(F)c5)nccc4[nH]3)c2c1. The summed E-state index contributed by atoms with van der Waals surface area (Å²) in [4.78, 5) is 17.1. The molecule has 0 spiro atoms. The van der Waals surface area contributed by atoms with Crippen LogP contribution in [0.15, 0.2) is 79.2 Å². The Morgan fingerprint density at radius 3 is 2.82 bits per heavy atom. The average Bonchev–Trinajstić information content (AvgIpc) is 3.45. The first kappa shape index (κ1) is 20.5. The van der Waals surface area contributed by atoms with E-state index >= 15 is 0 Å². The molecule has 4 heterocycles. The third-order valence-electron chi connectivity index (χ3n) is 5.49. The minimum absolute atomic E-state index is 0.319. The molecule has 2 N–H and O–H groups in total. The van der Waals surface area contributed by atoms with E-state index in [0.29, 0.717) is 28.2 Å². The lowest BCUT2D eigenvalue weighted by atomic mass is 10.0. The van der Waals surface area contributed by atoms with Crippen molar-refractivity contribution < 1.29 is 4.39 Å². The second-order valence-electron chi connectivity index (χ2n) is 7.68. The Labute approximate surface area is 189 Å². The van der Waals surface area contributed by atoms with Gasteiger partial charge in [-0.25, -0.2) is 14.4 Å². The Bertz CT molecular complexity index is 1570. The molecule has 0 aliphatic rings. The second-order valence-corrected chi connectivity index (χ2v) is 7.68.